The third-order valence-electron chi connectivity index (χ3n) is 5.05. The van der Waals surface area contributed by atoms with Gasteiger partial charge in [-0.1, -0.05) is 25.0 Å². The summed E-state index contributed by atoms with van der Waals surface area (Å²) in [5.41, 5.74) is 2.60. The van der Waals surface area contributed by atoms with Gasteiger partial charge in [-0.2, -0.15) is 0 Å². The van der Waals surface area contributed by atoms with Crippen molar-refractivity contribution < 1.29 is 9.53 Å². The van der Waals surface area contributed by atoms with Crippen molar-refractivity contribution in [3.05, 3.63) is 29.3 Å². The Bertz CT molecular complexity index is 645. The fourth-order valence-corrected chi connectivity index (χ4v) is 3.61. The van der Waals surface area contributed by atoms with E-state index in [0.717, 1.165) is 50.5 Å². The van der Waals surface area contributed by atoms with Crippen LogP contribution in [0.4, 0.5) is 0 Å². The summed E-state index contributed by atoms with van der Waals surface area (Å²) < 4.78 is 5.54. The van der Waals surface area contributed by atoms with Crippen molar-refractivity contribution in [2.75, 3.05) is 26.7 Å². The molecule has 1 amide bonds. The summed E-state index contributed by atoms with van der Waals surface area (Å²) in [5, 5.41) is 9.63. The highest BCUT2D eigenvalue weighted by molar-refractivity contribution is 14.0. The molecule has 0 atom stereocenters. The molecule has 0 bridgehead atoms. The van der Waals surface area contributed by atoms with Crippen molar-refractivity contribution in [2.45, 2.75) is 51.0 Å². The number of amides is 1. The van der Waals surface area contributed by atoms with Gasteiger partial charge in [0.15, 0.2) is 5.96 Å². The van der Waals surface area contributed by atoms with E-state index in [9.17, 15) is 4.79 Å². The fraction of sp³-hybridized carbons (Fsp3) is 0.600. The molecule has 7 heteroatoms. The van der Waals surface area contributed by atoms with Crippen LogP contribution >= 0.6 is 24.0 Å². The predicted molar refractivity (Wildman–Crippen MR) is 119 cm³/mol. The smallest absolute Gasteiger partial charge is 0.221 e. The van der Waals surface area contributed by atoms with Crippen LogP contribution in [0.1, 0.15) is 43.2 Å². The van der Waals surface area contributed by atoms with Crippen molar-refractivity contribution in [1.82, 2.24) is 16.0 Å². The van der Waals surface area contributed by atoms with Crippen LogP contribution in [0.3, 0.4) is 0 Å². The van der Waals surface area contributed by atoms with E-state index in [-0.39, 0.29) is 29.9 Å². The van der Waals surface area contributed by atoms with E-state index >= 15 is 0 Å². The van der Waals surface area contributed by atoms with Gasteiger partial charge in [0, 0.05) is 39.0 Å². The zero-order valence-electron chi connectivity index (χ0n) is 16.1. The molecule has 0 spiro atoms. The molecule has 1 aromatic carbocycles. The number of carbonyl (C=O) groups is 1. The van der Waals surface area contributed by atoms with Gasteiger partial charge in [-0.3, -0.25) is 9.79 Å². The zero-order valence-corrected chi connectivity index (χ0v) is 18.4. The van der Waals surface area contributed by atoms with E-state index in [1.807, 2.05) is 0 Å². The Morgan fingerprint density at radius 1 is 1.22 bits per heavy atom. The second-order valence-electron chi connectivity index (χ2n) is 7.02. The first-order valence-corrected chi connectivity index (χ1v) is 9.73. The molecule has 27 heavy (non-hydrogen) atoms. The quantitative estimate of drug-likeness (QED) is 0.315. The molecule has 1 saturated carbocycles. The lowest BCUT2D eigenvalue weighted by Crippen LogP contribution is -2.41. The second-order valence-corrected chi connectivity index (χ2v) is 7.02. The standard InChI is InChI=1S/C20H30N4O2.HI/c1-21-20(23-12-9-19(25)24-17-4-2-3-5-17)22-11-8-15-6-7-18-16(14-15)10-13-26-18;/h6-7,14,17H,2-5,8-13H2,1H3,(H,24,25)(H2,21,22,23);1H. The maximum absolute atomic E-state index is 11.9. The van der Waals surface area contributed by atoms with Crippen LogP contribution in [-0.2, 0) is 17.6 Å². The SMILES string of the molecule is CN=C(NCCC(=O)NC1CCCC1)NCCc1ccc2c(c1)CCO2.I. The molecular weight excluding hydrogens is 455 g/mol. The Morgan fingerprint density at radius 2 is 2.00 bits per heavy atom. The van der Waals surface area contributed by atoms with Gasteiger partial charge in [-0.05, 0) is 36.5 Å². The molecule has 1 aromatic rings. The number of halogens is 1. The van der Waals surface area contributed by atoms with E-state index in [1.54, 1.807) is 7.05 Å². The van der Waals surface area contributed by atoms with Crippen LogP contribution in [-0.4, -0.2) is 44.7 Å². The number of guanidine groups is 1. The topological polar surface area (TPSA) is 74.8 Å². The first kappa shape index (κ1) is 21.8. The fourth-order valence-electron chi connectivity index (χ4n) is 3.61. The highest BCUT2D eigenvalue weighted by Gasteiger charge is 2.16. The van der Waals surface area contributed by atoms with Crippen LogP contribution in [0.15, 0.2) is 23.2 Å². The average Bonchev–Trinajstić information content (AvgIpc) is 3.31. The van der Waals surface area contributed by atoms with Gasteiger partial charge >= 0.3 is 0 Å². The van der Waals surface area contributed by atoms with Gasteiger partial charge in [0.25, 0.3) is 0 Å². The Morgan fingerprint density at radius 3 is 2.78 bits per heavy atom. The predicted octanol–water partition coefficient (Wildman–Crippen LogP) is 2.40. The number of fused-ring (bicyclic) bond motifs is 1. The Labute approximate surface area is 178 Å². The lowest BCUT2D eigenvalue weighted by Gasteiger charge is -2.14. The molecule has 1 aliphatic carbocycles. The molecule has 1 heterocycles. The highest BCUT2D eigenvalue weighted by Crippen LogP contribution is 2.25. The molecule has 150 valence electrons. The summed E-state index contributed by atoms with van der Waals surface area (Å²) in [6, 6.07) is 6.80. The Kier molecular flexibility index (Phi) is 9.17. The molecule has 0 unspecified atom stereocenters. The summed E-state index contributed by atoms with van der Waals surface area (Å²) in [4.78, 5) is 16.2. The number of ether oxygens (including phenoxy) is 1. The number of nitrogens with one attached hydrogen (secondary N) is 3. The number of hydrogen-bond acceptors (Lipinski definition) is 3. The van der Waals surface area contributed by atoms with Gasteiger partial charge in [-0.25, -0.2) is 0 Å². The van der Waals surface area contributed by atoms with Crippen molar-refractivity contribution in [3.63, 3.8) is 0 Å². The molecule has 0 aromatic heterocycles. The molecule has 3 rings (SSSR count). The van der Waals surface area contributed by atoms with E-state index in [0.29, 0.717) is 19.0 Å². The van der Waals surface area contributed by atoms with Crippen molar-refractivity contribution >= 4 is 35.8 Å². The number of aliphatic imine (C=N–C) groups is 1. The van der Waals surface area contributed by atoms with E-state index in [2.05, 4.69) is 39.1 Å². The lowest BCUT2D eigenvalue weighted by molar-refractivity contribution is -0.121. The number of hydrogen-bond donors (Lipinski definition) is 3. The summed E-state index contributed by atoms with van der Waals surface area (Å²) in [5.74, 6) is 1.89. The third-order valence-corrected chi connectivity index (χ3v) is 5.05. The maximum Gasteiger partial charge on any atom is 0.221 e. The van der Waals surface area contributed by atoms with Crippen LogP contribution in [0.25, 0.3) is 0 Å². The molecule has 0 radical (unpaired) electrons. The molecule has 3 N–H and O–H groups in total. The van der Waals surface area contributed by atoms with Crippen LogP contribution in [0.2, 0.25) is 0 Å². The third kappa shape index (κ3) is 6.86. The van der Waals surface area contributed by atoms with E-state index < -0.39 is 0 Å². The number of rotatable bonds is 7. The van der Waals surface area contributed by atoms with E-state index in [4.69, 9.17) is 4.74 Å². The summed E-state index contributed by atoms with van der Waals surface area (Å²) >= 11 is 0. The maximum atomic E-state index is 11.9. The molecular formula is C20H31IN4O2. The molecule has 6 nitrogen and oxygen atoms in total. The molecule has 0 saturated heterocycles. The van der Waals surface area contributed by atoms with Crippen molar-refractivity contribution in [2.24, 2.45) is 4.99 Å². The van der Waals surface area contributed by atoms with Gasteiger partial charge < -0.3 is 20.7 Å². The molecule has 1 fully saturated rings. The summed E-state index contributed by atoms with van der Waals surface area (Å²) in [6.45, 7) is 2.18. The summed E-state index contributed by atoms with van der Waals surface area (Å²) in [7, 11) is 1.75. The highest BCUT2D eigenvalue weighted by atomic mass is 127. The number of benzene rings is 1. The van der Waals surface area contributed by atoms with Crippen LogP contribution in [0, 0.1) is 0 Å². The average molecular weight is 486 g/mol. The van der Waals surface area contributed by atoms with Gasteiger partial charge in [0.2, 0.25) is 5.91 Å². The number of nitrogens with zero attached hydrogens (tertiary/aromatic N) is 1. The second kappa shape index (κ2) is 11.4. The Balaban J connectivity index is 0.00000261. The minimum Gasteiger partial charge on any atom is -0.493 e. The van der Waals surface area contributed by atoms with Gasteiger partial charge in [0.05, 0.1) is 6.61 Å². The monoisotopic (exact) mass is 486 g/mol. The van der Waals surface area contributed by atoms with Crippen LogP contribution in [0.5, 0.6) is 5.75 Å². The largest absolute Gasteiger partial charge is 0.493 e. The number of carbonyl (C=O) groups excluding carboxylic acids is 1. The van der Waals surface area contributed by atoms with E-state index in [1.165, 1.54) is 24.0 Å². The first-order chi connectivity index (χ1) is 12.7. The van der Waals surface area contributed by atoms with Crippen molar-refractivity contribution in [1.29, 1.82) is 0 Å². The minimum atomic E-state index is 0. The van der Waals surface area contributed by atoms with Gasteiger partial charge in [-0.15, -0.1) is 24.0 Å². The van der Waals surface area contributed by atoms with Crippen molar-refractivity contribution in [3.8, 4) is 5.75 Å². The molecule has 1 aliphatic heterocycles. The van der Waals surface area contributed by atoms with Crippen LogP contribution < -0.4 is 20.7 Å². The van der Waals surface area contributed by atoms with Gasteiger partial charge in [0.1, 0.15) is 5.75 Å². The Hall–Kier alpha value is -1.51. The lowest BCUT2D eigenvalue weighted by atomic mass is 10.1. The summed E-state index contributed by atoms with van der Waals surface area (Å²) in [6.07, 6.45) is 7.11. The minimum absolute atomic E-state index is 0. The normalized spacial score (nSPS) is 16.3. The zero-order chi connectivity index (χ0) is 18.2. The first-order valence-electron chi connectivity index (χ1n) is 9.73. The molecule has 2 aliphatic rings.